The van der Waals surface area contributed by atoms with E-state index in [1.807, 2.05) is 12.1 Å². The Morgan fingerprint density at radius 2 is 1.90 bits per heavy atom. The standard InChI is InChI=1S/C15H15N3O2/c1-19-14-5-3-4-13(15(14)20-2)18-12-7-6-11(17)8-10(12)9-16/h3-8,18H,17H2,1-2H3. The summed E-state index contributed by atoms with van der Waals surface area (Å²) in [5.41, 5.74) is 8.06. The molecule has 0 heterocycles. The molecular weight excluding hydrogens is 254 g/mol. The lowest BCUT2D eigenvalue weighted by atomic mass is 10.1. The molecule has 2 aromatic rings. The average molecular weight is 269 g/mol. The molecule has 0 bridgehead atoms. The number of nitrogens with two attached hydrogens (primary N) is 1. The molecule has 0 aliphatic heterocycles. The number of ether oxygens (including phenoxy) is 2. The lowest BCUT2D eigenvalue weighted by Crippen LogP contribution is -1.99. The molecule has 0 radical (unpaired) electrons. The highest BCUT2D eigenvalue weighted by atomic mass is 16.5. The molecule has 102 valence electrons. The molecule has 5 nitrogen and oxygen atoms in total. The number of nitriles is 1. The largest absolute Gasteiger partial charge is 0.493 e. The fraction of sp³-hybridized carbons (Fsp3) is 0.133. The molecule has 0 aromatic heterocycles. The van der Waals surface area contributed by atoms with E-state index in [9.17, 15) is 0 Å². The van der Waals surface area contributed by atoms with Gasteiger partial charge in [0.2, 0.25) is 0 Å². The van der Waals surface area contributed by atoms with Crippen LogP contribution in [0.2, 0.25) is 0 Å². The molecule has 2 rings (SSSR count). The van der Waals surface area contributed by atoms with Crippen LogP contribution in [0.5, 0.6) is 11.5 Å². The summed E-state index contributed by atoms with van der Waals surface area (Å²) in [6.07, 6.45) is 0. The zero-order chi connectivity index (χ0) is 14.5. The highest BCUT2D eigenvalue weighted by molar-refractivity contribution is 5.74. The van der Waals surface area contributed by atoms with Crippen molar-refractivity contribution in [1.29, 1.82) is 5.26 Å². The molecule has 0 saturated carbocycles. The molecule has 0 aliphatic rings. The van der Waals surface area contributed by atoms with Crippen molar-refractivity contribution in [3.8, 4) is 17.6 Å². The van der Waals surface area contributed by atoms with E-state index >= 15 is 0 Å². The molecule has 0 atom stereocenters. The molecule has 5 heteroatoms. The van der Waals surface area contributed by atoms with Gasteiger partial charge >= 0.3 is 0 Å². The average Bonchev–Trinajstić information content (AvgIpc) is 2.48. The number of anilines is 3. The highest BCUT2D eigenvalue weighted by Gasteiger charge is 2.11. The third-order valence-electron chi connectivity index (χ3n) is 2.84. The fourth-order valence-corrected chi connectivity index (χ4v) is 1.89. The summed E-state index contributed by atoms with van der Waals surface area (Å²) in [5.74, 6) is 1.20. The van der Waals surface area contributed by atoms with E-state index in [0.29, 0.717) is 34.1 Å². The normalized spacial score (nSPS) is 9.65. The molecule has 20 heavy (non-hydrogen) atoms. The second kappa shape index (κ2) is 5.85. The van der Waals surface area contributed by atoms with E-state index in [0.717, 1.165) is 0 Å². The Balaban J connectivity index is 2.43. The zero-order valence-corrected chi connectivity index (χ0v) is 11.3. The van der Waals surface area contributed by atoms with Crippen molar-refractivity contribution >= 4 is 17.1 Å². The molecule has 0 aliphatic carbocycles. The quantitative estimate of drug-likeness (QED) is 0.834. The highest BCUT2D eigenvalue weighted by Crippen LogP contribution is 2.37. The minimum Gasteiger partial charge on any atom is -0.493 e. The van der Waals surface area contributed by atoms with Crippen molar-refractivity contribution in [3.63, 3.8) is 0 Å². The van der Waals surface area contributed by atoms with Crippen LogP contribution in [0.15, 0.2) is 36.4 Å². The van der Waals surface area contributed by atoms with Crippen molar-refractivity contribution in [2.45, 2.75) is 0 Å². The van der Waals surface area contributed by atoms with Gasteiger partial charge in [0.1, 0.15) is 6.07 Å². The van der Waals surface area contributed by atoms with E-state index in [1.165, 1.54) is 0 Å². The van der Waals surface area contributed by atoms with Crippen LogP contribution in [-0.2, 0) is 0 Å². The number of hydrogen-bond donors (Lipinski definition) is 2. The van der Waals surface area contributed by atoms with E-state index < -0.39 is 0 Å². The SMILES string of the molecule is COc1cccc(Nc2ccc(N)cc2C#N)c1OC. The Morgan fingerprint density at radius 3 is 2.55 bits per heavy atom. The maximum absolute atomic E-state index is 9.15. The second-order valence-corrected chi connectivity index (χ2v) is 4.08. The number of nitrogens with zero attached hydrogens (tertiary/aromatic N) is 1. The lowest BCUT2D eigenvalue weighted by molar-refractivity contribution is 0.356. The number of rotatable bonds is 4. The van der Waals surface area contributed by atoms with Crippen LogP contribution >= 0.6 is 0 Å². The van der Waals surface area contributed by atoms with Gasteiger partial charge in [0.25, 0.3) is 0 Å². The number of benzene rings is 2. The molecule has 0 saturated heterocycles. The molecule has 0 unspecified atom stereocenters. The van der Waals surface area contributed by atoms with Gasteiger partial charge in [-0.2, -0.15) is 5.26 Å². The third kappa shape index (κ3) is 2.59. The van der Waals surface area contributed by atoms with Crippen LogP contribution in [0.25, 0.3) is 0 Å². The number of hydrogen-bond acceptors (Lipinski definition) is 5. The number of methoxy groups -OCH3 is 2. The molecule has 2 aromatic carbocycles. The summed E-state index contributed by atoms with van der Waals surface area (Å²) < 4.78 is 10.6. The predicted molar refractivity (Wildman–Crippen MR) is 78.4 cm³/mol. The van der Waals surface area contributed by atoms with Crippen molar-refractivity contribution in [2.75, 3.05) is 25.3 Å². The van der Waals surface area contributed by atoms with Gasteiger partial charge in [0, 0.05) is 5.69 Å². The minimum atomic E-state index is 0.467. The van der Waals surface area contributed by atoms with Crippen LogP contribution < -0.4 is 20.5 Å². The van der Waals surface area contributed by atoms with Crippen molar-refractivity contribution in [2.24, 2.45) is 0 Å². The summed E-state index contributed by atoms with van der Waals surface area (Å²) in [4.78, 5) is 0. The summed E-state index contributed by atoms with van der Waals surface area (Å²) >= 11 is 0. The van der Waals surface area contributed by atoms with Gasteiger partial charge in [-0.3, -0.25) is 0 Å². The molecule has 0 spiro atoms. The van der Waals surface area contributed by atoms with Crippen molar-refractivity contribution < 1.29 is 9.47 Å². The lowest BCUT2D eigenvalue weighted by Gasteiger charge is -2.15. The maximum Gasteiger partial charge on any atom is 0.184 e. The van der Waals surface area contributed by atoms with Gasteiger partial charge in [-0.05, 0) is 30.3 Å². The van der Waals surface area contributed by atoms with Gasteiger partial charge < -0.3 is 20.5 Å². The van der Waals surface area contributed by atoms with Crippen molar-refractivity contribution in [3.05, 3.63) is 42.0 Å². The van der Waals surface area contributed by atoms with Gasteiger partial charge in [0.15, 0.2) is 11.5 Å². The maximum atomic E-state index is 9.15. The number of nitrogens with one attached hydrogen (secondary N) is 1. The molecular formula is C15H15N3O2. The van der Waals surface area contributed by atoms with E-state index in [2.05, 4.69) is 11.4 Å². The topological polar surface area (TPSA) is 80.3 Å². The van der Waals surface area contributed by atoms with Gasteiger partial charge in [-0.25, -0.2) is 0 Å². The molecule has 0 fully saturated rings. The summed E-state index contributed by atoms with van der Waals surface area (Å²) in [5, 5.41) is 12.3. The van der Waals surface area contributed by atoms with Crippen LogP contribution in [0.3, 0.4) is 0 Å². The van der Waals surface area contributed by atoms with Gasteiger partial charge in [0.05, 0.1) is 31.2 Å². The number of nitrogen functional groups attached to an aromatic ring is 1. The second-order valence-electron chi connectivity index (χ2n) is 4.08. The summed E-state index contributed by atoms with van der Waals surface area (Å²) in [6.45, 7) is 0. The predicted octanol–water partition coefficient (Wildman–Crippen LogP) is 2.90. The van der Waals surface area contributed by atoms with E-state index in [1.54, 1.807) is 38.5 Å². The first-order valence-corrected chi connectivity index (χ1v) is 5.97. The van der Waals surface area contributed by atoms with Crippen LogP contribution in [-0.4, -0.2) is 14.2 Å². The first-order valence-electron chi connectivity index (χ1n) is 5.97. The van der Waals surface area contributed by atoms with Crippen LogP contribution in [0, 0.1) is 11.3 Å². The minimum absolute atomic E-state index is 0.467. The monoisotopic (exact) mass is 269 g/mol. The first-order chi connectivity index (χ1) is 9.69. The smallest absolute Gasteiger partial charge is 0.184 e. The van der Waals surface area contributed by atoms with E-state index in [4.69, 9.17) is 20.5 Å². The summed E-state index contributed by atoms with van der Waals surface area (Å²) in [6, 6.07) is 12.7. The third-order valence-corrected chi connectivity index (χ3v) is 2.84. The van der Waals surface area contributed by atoms with Crippen LogP contribution in [0.4, 0.5) is 17.1 Å². The molecule has 3 N–H and O–H groups in total. The van der Waals surface area contributed by atoms with Gasteiger partial charge in [-0.15, -0.1) is 0 Å². The Morgan fingerprint density at radius 1 is 1.10 bits per heavy atom. The Kier molecular flexibility index (Phi) is 3.96. The summed E-state index contributed by atoms with van der Waals surface area (Å²) in [7, 11) is 3.14. The molecule has 0 amide bonds. The van der Waals surface area contributed by atoms with Crippen molar-refractivity contribution in [1.82, 2.24) is 0 Å². The zero-order valence-electron chi connectivity index (χ0n) is 11.3. The van der Waals surface area contributed by atoms with E-state index in [-0.39, 0.29) is 0 Å². The first kappa shape index (κ1) is 13.6. The van der Waals surface area contributed by atoms with Gasteiger partial charge in [-0.1, -0.05) is 6.07 Å². The van der Waals surface area contributed by atoms with Crippen LogP contribution in [0.1, 0.15) is 5.56 Å². The Bertz CT molecular complexity index is 663. The Labute approximate surface area is 117 Å². The fourth-order valence-electron chi connectivity index (χ4n) is 1.89. The number of para-hydroxylation sites is 1. The Hall–Kier alpha value is -2.87.